The van der Waals surface area contributed by atoms with Crippen LogP contribution in [0.2, 0.25) is 0 Å². The Kier molecular flexibility index (Phi) is 7.25. The molecule has 0 heterocycles. The lowest BCUT2D eigenvalue weighted by atomic mass is 9.76. The van der Waals surface area contributed by atoms with E-state index in [0.717, 1.165) is 37.8 Å². The molecule has 0 N–H and O–H groups in total. The summed E-state index contributed by atoms with van der Waals surface area (Å²) in [5.74, 6) is -2.02. The Bertz CT molecular complexity index is 1130. The zero-order valence-electron chi connectivity index (χ0n) is 19.1. The summed E-state index contributed by atoms with van der Waals surface area (Å²) in [6.07, 6.45) is 4.01. The fourth-order valence-corrected chi connectivity index (χ4v) is 5.24. The van der Waals surface area contributed by atoms with Crippen LogP contribution in [0.5, 0.6) is 0 Å². The van der Waals surface area contributed by atoms with Crippen LogP contribution in [0.3, 0.4) is 0 Å². The molecule has 0 bridgehead atoms. The number of benzene rings is 3. The van der Waals surface area contributed by atoms with Gasteiger partial charge in [0, 0.05) is 5.39 Å². The van der Waals surface area contributed by atoms with Gasteiger partial charge in [-0.05, 0) is 78.3 Å². The van der Waals surface area contributed by atoms with Crippen molar-refractivity contribution in [2.24, 2.45) is 5.92 Å². The van der Waals surface area contributed by atoms with Gasteiger partial charge in [-0.25, -0.2) is 13.2 Å². The monoisotopic (exact) mass is 478 g/mol. The summed E-state index contributed by atoms with van der Waals surface area (Å²) in [7, 11) is 0. The molecule has 0 saturated heterocycles. The summed E-state index contributed by atoms with van der Waals surface area (Å²) >= 11 is 0. The molecule has 182 valence electrons. The van der Waals surface area contributed by atoms with Gasteiger partial charge >= 0.3 is 6.18 Å². The van der Waals surface area contributed by atoms with Gasteiger partial charge in [0.2, 0.25) is 0 Å². The van der Waals surface area contributed by atoms with Crippen molar-refractivity contribution in [3.8, 4) is 11.1 Å². The van der Waals surface area contributed by atoms with E-state index >= 15 is 8.78 Å². The van der Waals surface area contributed by atoms with Gasteiger partial charge in [-0.15, -0.1) is 0 Å². The maximum atomic E-state index is 15.1. The largest absolute Gasteiger partial charge is 0.419 e. The molecule has 0 nitrogen and oxygen atoms in total. The molecule has 3 aromatic rings. The molecule has 34 heavy (non-hydrogen) atoms. The van der Waals surface area contributed by atoms with E-state index in [2.05, 4.69) is 6.92 Å². The molecular weight excluding hydrogens is 450 g/mol. The molecule has 1 fully saturated rings. The van der Waals surface area contributed by atoms with Gasteiger partial charge in [0.15, 0.2) is 0 Å². The summed E-state index contributed by atoms with van der Waals surface area (Å²) in [6, 6.07) is 8.23. The van der Waals surface area contributed by atoms with Crippen LogP contribution in [0, 0.1) is 23.4 Å². The topological polar surface area (TPSA) is 0 Å². The lowest BCUT2D eigenvalue weighted by Gasteiger charge is -2.29. The van der Waals surface area contributed by atoms with E-state index in [9.17, 15) is 17.6 Å². The van der Waals surface area contributed by atoms with Gasteiger partial charge in [-0.1, -0.05) is 50.8 Å². The highest BCUT2D eigenvalue weighted by atomic mass is 19.4. The first kappa shape index (κ1) is 24.6. The second-order valence-electron chi connectivity index (χ2n) is 9.43. The first-order chi connectivity index (χ1) is 16.2. The van der Waals surface area contributed by atoms with Gasteiger partial charge in [0.25, 0.3) is 0 Å². The Morgan fingerprint density at radius 3 is 2.12 bits per heavy atom. The average molecular weight is 479 g/mol. The standard InChI is InChI=1S/C28H28F6/c1-2-3-4-5-17-6-8-18(9-7-17)21-15-24(29)26(25(30)16-21)20-10-12-22-19(14-20)11-13-23(27(22)31)28(32,33)34/h10-18H,2-9H2,1H3. The maximum absolute atomic E-state index is 15.1. The molecule has 0 unspecified atom stereocenters. The summed E-state index contributed by atoms with van der Waals surface area (Å²) < 4.78 is 83.4. The molecule has 0 aliphatic heterocycles. The van der Waals surface area contributed by atoms with Crippen molar-refractivity contribution in [3.05, 3.63) is 71.0 Å². The molecule has 3 aromatic carbocycles. The minimum absolute atomic E-state index is 0.118. The Morgan fingerprint density at radius 1 is 0.824 bits per heavy atom. The minimum atomic E-state index is -4.82. The normalized spacial score (nSPS) is 19.0. The van der Waals surface area contributed by atoms with E-state index < -0.39 is 29.2 Å². The van der Waals surface area contributed by atoms with Crippen molar-refractivity contribution in [1.82, 2.24) is 0 Å². The van der Waals surface area contributed by atoms with Gasteiger partial charge in [0.05, 0.1) is 11.1 Å². The molecule has 0 spiro atoms. The molecule has 0 aromatic heterocycles. The van der Waals surface area contributed by atoms with Crippen molar-refractivity contribution in [1.29, 1.82) is 0 Å². The molecule has 0 atom stereocenters. The van der Waals surface area contributed by atoms with E-state index in [4.69, 9.17) is 0 Å². The van der Waals surface area contributed by atoms with E-state index in [1.807, 2.05) is 0 Å². The summed E-state index contributed by atoms with van der Waals surface area (Å²) in [6.45, 7) is 2.18. The SMILES string of the molecule is CCCCCC1CCC(c2cc(F)c(-c3ccc4c(F)c(C(F)(F)F)ccc4c3)c(F)c2)CC1. The molecule has 1 saturated carbocycles. The van der Waals surface area contributed by atoms with Crippen molar-refractivity contribution in [2.75, 3.05) is 0 Å². The highest BCUT2D eigenvalue weighted by Crippen LogP contribution is 2.40. The predicted molar refractivity (Wildman–Crippen MR) is 123 cm³/mol. The Morgan fingerprint density at radius 2 is 1.50 bits per heavy atom. The second-order valence-corrected chi connectivity index (χ2v) is 9.43. The number of unbranched alkanes of at least 4 members (excludes halogenated alkanes) is 2. The molecule has 0 radical (unpaired) electrons. The highest BCUT2D eigenvalue weighted by Gasteiger charge is 2.34. The van der Waals surface area contributed by atoms with Crippen LogP contribution >= 0.6 is 0 Å². The lowest BCUT2D eigenvalue weighted by molar-refractivity contribution is -0.139. The van der Waals surface area contributed by atoms with Crippen LogP contribution in [0.4, 0.5) is 26.3 Å². The zero-order chi connectivity index (χ0) is 24.5. The van der Waals surface area contributed by atoms with Crippen LogP contribution < -0.4 is 0 Å². The van der Waals surface area contributed by atoms with Crippen molar-refractivity contribution in [2.45, 2.75) is 70.4 Å². The number of hydrogen-bond acceptors (Lipinski definition) is 0. The number of halogens is 6. The van der Waals surface area contributed by atoms with Gasteiger partial charge in [0.1, 0.15) is 17.5 Å². The van der Waals surface area contributed by atoms with E-state index in [-0.39, 0.29) is 27.8 Å². The van der Waals surface area contributed by atoms with Crippen LogP contribution in [0.15, 0.2) is 42.5 Å². The fourth-order valence-electron chi connectivity index (χ4n) is 5.24. The number of alkyl halides is 3. The van der Waals surface area contributed by atoms with Crippen LogP contribution in [-0.4, -0.2) is 0 Å². The third-order valence-corrected chi connectivity index (χ3v) is 7.15. The first-order valence-electron chi connectivity index (χ1n) is 12.0. The third-order valence-electron chi connectivity index (χ3n) is 7.15. The summed E-state index contributed by atoms with van der Waals surface area (Å²) in [4.78, 5) is 0. The number of rotatable bonds is 6. The molecule has 4 rings (SSSR count). The first-order valence-corrected chi connectivity index (χ1v) is 12.0. The quantitative estimate of drug-likeness (QED) is 0.244. The van der Waals surface area contributed by atoms with Crippen molar-refractivity contribution < 1.29 is 26.3 Å². The Labute approximate surface area is 196 Å². The maximum Gasteiger partial charge on any atom is 0.419 e. The Hall–Kier alpha value is -2.50. The predicted octanol–water partition coefficient (Wildman–Crippen LogP) is 9.80. The molecule has 6 heteroatoms. The van der Waals surface area contributed by atoms with E-state index in [0.29, 0.717) is 17.5 Å². The second kappa shape index (κ2) is 10.0. The van der Waals surface area contributed by atoms with Gasteiger partial charge in [-0.2, -0.15) is 13.2 Å². The van der Waals surface area contributed by atoms with Crippen LogP contribution in [0.1, 0.15) is 75.3 Å². The van der Waals surface area contributed by atoms with E-state index in [1.54, 1.807) is 0 Å². The fraction of sp³-hybridized carbons (Fsp3) is 0.429. The van der Waals surface area contributed by atoms with Gasteiger partial charge in [-0.3, -0.25) is 0 Å². The summed E-state index contributed by atoms with van der Waals surface area (Å²) in [5, 5.41) is -0.0982. The Balaban J connectivity index is 1.57. The van der Waals surface area contributed by atoms with Gasteiger partial charge < -0.3 is 0 Å². The number of hydrogen-bond donors (Lipinski definition) is 0. The van der Waals surface area contributed by atoms with Crippen molar-refractivity contribution in [3.63, 3.8) is 0 Å². The van der Waals surface area contributed by atoms with E-state index in [1.165, 1.54) is 49.9 Å². The smallest absolute Gasteiger partial charge is 0.206 e. The zero-order valence-corrected chi connectivity index (χ0v) is 19.1. The average Bonchev–Trinajstić information content (AvgIpc) is 2.78. The molecule has 1 aliphatic rings. The van der Waals surface area contributed by atoms with Crippen LogP contribution in [-0.2, 0) is 6.18 Å². The summed E-state index contributed by atoms with van der Waals surface area (Å²) in [5.41, 5.74) is -0.811. The molecular formula is C28H28F6. The lowest BCUT2D eigenvalue weighted by Crippen LogP contribution is -2.14. The highest BCUT2D eigenvalue weighted by molar-refractivity contribution is 5.88. The number of fused-ring (bicyclic) bond motifs is 1. The molecule has 0 amide bonds. The minimum Gasteiger partial charge on any atom is -0.206 e. The third kappa shape index (κ3) is 5.11. The van der Waals surface area contributed by atoms with Crippen molar-refractivity contribution >= 4 is 10.8 Å². The van der Waals surface area contributed by atoms with Crippen LogP contribution in [0.25, 0.3) is 21.9 Å². The molecule has 1 aliphatic carbocycles.